The first-order chi connectivity index (χ1) is 10.1. The number of phenolic OH excluding ortho intramolecular Hbond substituents is 1. The van der Waals surface area contributed by atoms with Crippen LogP contribution in [0.4, 0.5) is 5.82 Å². The lowest BCUT2D eigenvalue weighted by Gasteiger charge is -2.21. The van der Waals surface area contributed by atoms with E-state index in [1.165, 1.54) is 0 Å². The van der Waals surface area contributed by atoms with E-state index >= 15 is 0 Å². The number of nitrogens with one attached hydrogen (secondary N) is 2. The third-order valence-corrected chi connectivity index (χ3v) is 3.96. The summed E-state index contributed by atoms with van der Waals surface area (Å²) in [7, 11) is 0. The summed E-state index contributed by atoms with van der Waals surface area (Å²) in [4.78, 5) is 3.24. The first-order valence-corrected chi connectivity index (χ1v) is 7.07. The molecule has 1 aromatic carbocycles. The second kappa shape index (κ2) is 5.18. The molecule has 1 aliphatic rings. The second-order valence-corrected chi connectivity index (χ2v) is 5.39. The third-order valence-electron chi connectivity index (χ3n) is 3.96. The number of hydrogen-bond donors (Lipinski definition) is 5. The molecule has 0 radical (unpaired) electrons. The van der Waals surface area contributed by atoms with Gasteiger partial charge in [0.2, 0.25) is 0 Å². The Balaban J connectivity index is 2.08. The fourth-order valence-corrected chi connectivity index (χ4v) is 2.92. The van der Waals surface area contributed by atoms with Crippen LogP contribution in [0.15, 0.2) is 24.3 Å². The minimum absolute atomic E-state index is 0.167. The van der Waals surface area contributed by atoms with Crippen molar-refractivity contribution >= 4 is 17.6 Å². The second-order valence-electron chi connectivity index (χ2n) is 5.39. The maximum absolute atomic E-state index is 9.90. The van der Waals surface area contributed by atoms with Crippen molar-refractivity contribution < 1.29 is 5.11 Å². The molecule has 1 unspecified atom stereocenters. The van der Waals surface area contributed by atoms with Crippen LogP contribution in [-0.4, -0.2) is 16.6 Å². The van der Waals surface area contributed by atoms with E-state index in [2.05, 4.69) is 17.2 Å². The molecule has 0 bridgehead atoms. The van der Waals surface area contributed by atoms with Gasteiger partial charge in [-0.05, 0) is 30.7 Å². The van der Waals surface area contributed by atoms with Gasteiger partial charge in [0.05, 0.1) is 0 Å². The molecule has 7 N–H and O–H groups in total. The number of nitrogen functional groups attached to an aromatic ring is 1. The zero-order chi connectivity index (χ0) is 15.0. The highest BCUT2D eigenvalue weighted by atomic mass is 16.3. The van der Waals surface area contributed by atoms with Crippen molar-refractivity contribution in [3.8, 4) is 5.75 Å². The van der Waals surface area contributed by atoms with Gasteiger partial charge in [0.1, 0.15) is 11.6 Å². The molecule has 110 valence electrons. The van der Waals surface area contributed by atoms with Gasteiger partial charge >= 0.3 is 0 Å². The van der Waals surface area contributed by atoms with Crippen LogP contribution < -0.4 is 16.8 Å². The number of benzene rings is 1. The molecule has 21 heavy (non-hydrogen) atoms. The molecule has 0 fully saturated rings. The predicted molar refractivity (Wildman–Crippen MR) is 85.5 cm³/mol. The Morgan fingerprint density at radius 3 is 2.90 bits per heavy atom. The van der Waals surface area contributed by atoms with Crippen molar-refractivity contribution in [1.82, 2.24) is 10.3 Å². The van der Waals surface area contributed by atoms with Gasteiger partial charge in [-0.25, -0.2) is 0 Å². The number of anilines is 1. The van der Waals surface area contributed by atoms with Gasteiger partial charge < -0.3 is 26.9 Å². The lowest BCUT2D eigenvalue weighted by molar-refractivity contribution is 0.473. The molecule has 2 aromatic rings. The van der Waals surface area contributed by atoms with Crippen molar-refractivity contribution in [3.05, 3.63) is 46.6 Å². The fourth-order valence-electron chi connectivity index (χ4n) is 2.92. The molecule has 1 aromatic heterocycles. The summed E-state index contributed by atoms with van der Waals surface area (Å²) >= 11 is 0. The molecule has 5 nitrogen and oxygen atoms in total. The Labute approximate surface area is 123 Å². The summed E-state index contributed by atoms with van der Waals surface area (Å²) in [5, 5.41) is 13.3. The number of hydrogen-bond acceptors (Lipinski definition) is 4. The summed E-state index contributed by atoms with van der Waals surface area (Å²) in [6.07, 6.45) is 2.76. The zero-order valence-corrected chi connectivity index (χ0v) is 12.0. The van der Waals surface area contributed by atoms with Crippen LogP contribution in [0.5, 0.6) is 5.75 Å². The molecular weight excluding hydrogens is 264 g/mol. The summed E-state index contributed by atoms with van der Waals surface area (Å²) in [6, 6.07) is 7.25. The fraction of sp³-hybridized carbons (Fsp3) is 0.250. The van der Waals surface area contributed by atoms with E-state index in [0.717, 1.165) is 29.8 Å². The topological polar surface area (TPSA) is 100 Å². The maximum atomic E-state index is 9.90. The van der Waals surface area contributed by atoms with E-state index in [4.69, 9.17) is 11.5 Å². The van der Waals surface area contributed by atoms with E-state index in [0.29, 0.717) is 17.1 Å². The van der Waals surface area contributed by atoms with Gasteiger partial charge in [-0.2, -0.15) is 0 Å². The molecule has 1 atom stereocenters. The lowest BCUT2D eigenvalue weighted by Crippen LogP contribution is -2.27. The van der Waals surface area contributed by atoms with Gasteiger partial charge in [0.15, 0.2) is 0 Å². The predicted octanol–water partition coefficient (Wildman–Crippen LogP) is 1.97. The normalized spacial score (nSPS) is 18.5. The molecule has 5 heteroatoms. The highest BCUT2D eigenvalue weighted by Crippen LogP contribution is 2.33. The SMILES string of the molecule is CC1NCCc2[nH]c(N)c(/C=C(\N)c3ccccc3O)c21. The number of nitrogens with two attached hydrogens (primary N) is 2. The lowest BCUT2D eigenvalue weighted by atomic mass is 9.97. The average Bonchev–Trinajstić information content (AvgIpc) is 2.77. The van der Waals surface area contributed by atoms with Gasteiger partial charge in [0, 0.05) is 41.5 Å². The van der Waals surface area contributed by atoms with E-state index < -0.39 is 0 Å². The van der Waals surface area contributed by atoms with Crippen LogP contribution in [0.3, 0.4) is 0 Å². The van der Waals surface area contributed by atoms with Crippen molar-refractivity contribution in [2.24, 2.45) is 5.73 Å². The van der Waals surface area contributed by atoms with Crippen molar-refractivity contribution in [1.29, 1.82) is 0 Å². The smallest absolute Gasteiger partial charge is 0.124 e. The molecular formula is C16H20N4O. The number of rotatable bonds is 2. The summed E-state index contributed by atoms with van der Waals surface area (Å²) in [6.45, 7) is 3.05. The van der Waals surface area contributed by atoms with E-state index in [1.54, 1.807) is 18.2 Å². The maximum Gasteiger partial charge on any atom is 0.124 e. The van der Waals surface area contributed by atoms with Crippen LogP contribution in [0.2, 0.25) is 0 Å². The van der Waals surface area contributed by atoms with Gasteiger partial charge in [-0.3, -0.25) is 0 Å². The summed E-state index contributed by atoms with van der Waals surface area (Å²) in [5.41, 5.74) is 16.6. The van der Waals surface area contributed by atoms with Gasteiger partial charge in [-0.1, -0.05) is 12.1 Å². The molecule has 0 saturated heterocycles. The Hall–Kier alpha value is -2.40. The Kier molecular flexibility index (Phi) is 3.35. The molecule has 1 aliphatic heterocycles. The quantitative estimate of drug-likeness (QED) is 0.582. The molecule has 0 aliphatic carbocycles. The molecule has 0 spiro atoms. The first kappa shape index (κ1) is 13.6. The number of fused-ring (bicyclic) bond motifs is 1. The molecule has 3 rings (SSSR count). The molecule has 2 heterocycles. The van der Waals surface area contributed by atoms with Gasteiger partial charge in [0.25, 0.3) is 0 Å². The van der Waals surface area contributed by atoms with Crippen molar-refractivity contribution in [3.63, 3.8) is 0 Å². The van der Waals surface area contributed by atoms with Crippen molar-refractivity contribution in [2.45, 2.75) is 19.4 Å². The first-order valence-electron chi connectivity index (χ1n) is 7.07. The number of H-pyrrole nitrogens is 1. The number of aromatic amines is 1. The average molecular weight is 284 g/mol. The number of aromatic hydroxyl groups is 1. The van der Waals surface area contributed by atoms with E-state index in [-0.39, 0.29) is 11.8 Å². The number of aromatic nitrogens is 1. The minimum Gasteiger partial charge on any atom is -0.507 e. The summed E-state index contributed by atoms with van der Waals surface area (Å²) in [5.74, 6) is 0.786. The Bertz CT molecular complexity index is 702. The zero-order valence-electron chi connectivity index (χ0n) is 12.0. The highest BCUT2D eigenvalue weighted by molar-refractivity contribution is 5.86. The van der Waals surface area contributed by atoms with E-state index in [1.807, 2.05) is 12.1 Å². The monoisotopic (exact) mass is 284 g/mol. The number of phenols is 1. The molecule has 0 saturated carbocycles. The third kappa shape index (κ3) is 2.36. The number of para-hydroxylation sites is 1. The van der Waals surface area contributed by atoms with E-state index in [9.17, 15) is 5.11 Å². The van der Waals surface area contributed by atoms with Crippen LogP contribution in [-0.2, 0) is 6.42 Å². The Morgan fingerprint density at radius 1 is 1.38 bits per heavy atom. The van der Waals surface area contributed by atoms with Crippen LogP contribution in [0.1, 0.15) is 35.3 Å². The Morgan fingerprint density at radius 2 is 2.14 bits per heavy atom. The summed E-state index contributed by atoms with van der Waals surface area (Å²) < 4.78 is 0. The standard InChI is InChI=1S/C16H20N4O/c1-9-15-11(16(18)20-13(15)6-7-19-9)8-12(17)10-4-2-3-5-14(10)21/h2-5,8-9,19-21H,6-7,17-18H2,1H3/b12-8-. The van der Waals surface area contributed by atoms with Crippen LogP contribution in [0, 0.1) is 0 Å². The van der Waals surface area contributed by atoms with Gasteiger partial charge in [-0.15, -0.1) is 0 Å². The highest BCUT2D eigenvalue weighted by Gasteiger charge is 2.23. The largest absolute Gasteiger partial charge is 0.507 e. The minimum atomic E-state index is 0.167. The van der Waals surface area contributed by atoms with Crippen LogP contribution in [0.25, 0.3) is 11.8 Å². The van der Waals surface area contributed by atoms with Crippen molar-refractivity contribution in [2.75, 3.05) is 12.3 Å². The van der Waals surface area contributed by atoms with Crippen LogP contribution >= 0.6 is 0 Å². The molecule has 0 amide bonds.